The summed E-state index contributed by atoms with van der Waals surface area (Å²) in [5.74, 6) is 0.406. The summed E-state index contributed by atoms with van der Waals surface area (Å²) in [4.78, 5) is 23.5. The van der Waals surface area contributed by atoms with Gasteiger partial charge in [0.1, 0.15) is 0 Å². The van der Waals surface area contributed by atoms with Gasteiger partial charge >= 0.3 is 0 Å². The molecule has 0 saturated heterocycles. The number of nitrogens with one attached hydrogen (secondary N) is 2. The Morgan fingerprint density at radius 1 is 1.23 bits per heavy atom. The Kier molecular flexibility index (Phi) is 6.21. The van der Waals surface area contributed by atoms with Gasteiger partial charge in [-0.15, -0.1) is 0 Å². The fourth-order valence-electron chi connectivity index (χ4n) is 2.17. The van der Waals surface area contributed by atoms with Crippen molar-refractivity contribution in [1.82, 2.24) is 10.6 Å². The van der Waals surface area contributed by atoms with E-state index in [-0.39, 0.29) is 17.9 Å². The van der Waals surface area contributed by atoms with Gasteiger partial charge < -0.3 is 16.4 Å². The van der Waals surface area contributed by atoms with Gasteiger partial charge in [-0.25, -0.2) is 0 Å². The molecule has 6 heteroatoms. The number of hydrogen-bond donors (Lipinski definition) is 3. The maximum absolute atomic E-state index is 11.8. The van der Waals surface area contributed by atoms with Crippen molar-refractivity contribution in [3.8, 4) is 0 Å². The molecule has 1 unspecified atom stereocenters. The molecule has 2 amide bonds. The Morgan fingerprint density at radius 2 is 1.91 bits per heavy atom. The lowest BCUT2D eigenvalue weighted by Crippen LogP contribution is -2.38. The van der Waals surface area contributed by atoms with Gasteiger partial charge in [0, 0.05) is 36.1 Å². The summed E-state index contributed by atoms with van der Waals surface area (Å²) < 4.78 is 0. The summed E-state index contributed by atoms with van der Waals surface area (Å²) >= 11 is 5.77. The van der Waals surface area contributed by atoms with Crippen molar-refractivity contribution in [2.24, 2.45) is 11.7 Å². The van der Waals surface area contributed by atoms with E-state index in [4.69, 9.17) is 17.3 Å². The van der Waals surface area contributed by atoms with Crippen LogP contribution in [0.15, 0.2) is 24.3 Å². The van der Waals surface area contributed by atoms with Crippen molar-refractivity contribution < 1.29 is 9.59 Å². The number of carbonyl (C=O) groups excluding carboxylic acids is 2. The summed E-state index contributed by atoms with van der Waals surface area (Å²) in [6, 6.07) is 6.77. The maximum atomic E-state index is 11.8. The van der Waals surface area contributed by atoms with Crippen molar-refractivity contribution in [3.05, 3.63) is 34.9 Å². The topological polar surface area (TPSA) is 84.2 Å². The largest absolute Gasteiger partial charge is 0.355 e. The summed E-state index contributed by atoms with van der Waals surface area (Å²) in [6.45, 7) is 1.00. The molecule has 22 heavy (non-hydrogen) atoms. The van der Waals surface area contributed by atoms with E-state index in [1.165, 1.54) is 12.8 Å². The lowest BCUT2D eigenvalue weighted by Gasteiger charge is -2.11. The molecule has 1 saturated carbocycles. The van der Waals surface area contributed by atoms with Gasteiger partial charge in [0.25, 0.3) is 5.91 Å². The van der Waals surface area contributed by atoms with Crippen LogP contribution in [0.1, 0.15) is 36.0 Å². The summed E-state index contributed by atoms with van der Waals surface area (Å²) in [7, 11) is 0. The molecule has 0 aromatic heterocycles. The smallest absolute Gasteiger partial charge is 0.251 e. The second-order valence-corrected chi connectivity index (χ2v) is 6.11. The molecule has 2 rings (SSSR count). The molecular formula is C16H22ClN3O2. The minimum atomic E-state index is -0.159. The van der Waals surface area contributed by atoms with Crippen molar-refractivity contribution in [3.63, 3.8) is 0 Å². The fourth-order valence-corrected chi connectivity index (χ4v) is 2.29. The Bertz CT molecular complexity index is 515. The average Bonchev–Trinajstić information content (AvgIpc) is 3.34. The first kappa shape index (κ1) is 16.8. The fraction of sp³-hybridized carbons (Fsp3) is 0.500. The highest BCUT2D eigenvalue weighted by Crippen LogP contribution is 2.31. The van der Waals surface area contributed by atoms with Gasteiger partial charge in [-0.05, 0) is 49.4 Å². The predicted molar refractivity (Wildman–Crippen MR) is 86.7 cm³/mol. The van der Waals surface area contributed by atoms with Gasteiger partial charge in [-0.3, -0.25) is 9.59 Å². The van der Waals surface area contributed by atoms with Crippen molar-refractivity contribution in [1.29, 1.82) is 0 Å². The number of carbonyl (C=O) groups is 2. The van der Waals surface area contributed by atoms with Gasteiger partial charge in [-0.1, -0.05) is 11.6 Å². The van der Waals surface area contributed by atoms with Gasteiger partial charge in [0.2, 0.25) is 5.91 Å². The zero-order chi connectivity index (χ0) is 15.9. The highest BCUT2D eigenvalue weighted by atomic mass is 35.5. The van der Waals surface area contributed by atoms with E-state index >= 15 is 0 Å². The van der Waals surface area contributed by atoms with Crippen molar-refractivity contribution >= 4 is 23.4 Å². The average molecular weight is 324 g/mol. The molecule has 1 aromatic rings. The number of rotatable bonds is 8. The Labute approximate surface area is 135 Å². The molecule has 0 aliphatic heterocycles. The van der Waals surface area contributed by atoms with Crippen LogP contribution in [0.2, 0.25) is 5.02 Å². The lowest BCUT2D eigenvalue weighted by molar-refractivity contribution is -0.121. The van der Waals surface area contributed by atoms with Crippen molar-refractivity contribution in [2.75, 3.05) is 13.1 Å². The highest BCUT2D eigenvalue weighted by molar-refractivity contribution is 6.30. The molecule has 1 atom stereocenters. The first-order valence-corrected chi connectivity index (χ1v) is 8.00. The van der Waals surface area contributed by atoms with Crippen molar-refractivity contribution in [2.45, 2.75) is 31.7 Å². The molecule has 0 spiro atoms. The van der Waals surface area contributed by atoms with E-state index < -0.39 is 0 Å². The molecule has 4 N–H and O–H groups in total. The van der Waals surface area contributed by atoms with Crippen LogP contribution in [0.5, 0.6) is 0 Å². The van der Waals surface area contributed by atoms with Crippen LogP contribution < -0.4 is 16.4 Å². The van der Waals surface area contributed by atoms with Gasteiger partial charge in [0.05, 0.1) is 0 Å². The molecule has 120 valence electrons. The number of benzene rings is 1. The van der Waals surface area contributed by atoms with Crippen LogP contribution in [-0.4, -0.2) is 30.9 Å². The van der Waals surface area contributed by atoms with Crippen LogP contribution in [-0.2, 0) is 4.79 Å². The minimum absolute atomic E-state index is 0.0168. The number of nitrogens with two attached hydrogens (primary N) is 1. The van der Waals surface area contributed by atoms with E-state index in [0.717, 1.165) is 0 Å². The van der Waals surface area contributed by atoms with E-state index in [1.54, 1.807) is 24.3 Å². The lowest BCUT2D eigenvalue weighted by atomic mass is 10.2. The first-order chi connectivity index (χ1) is 10.6. The second-order valence-electron chi connectivity index (χ2n) is 5.67. The first-order valence-electron chi connectivity index (χ1n) is 7.62. The van der Waals surface area contributed by atoms with Crippen LogP contribution in [0.25, 0.3) is 0 Å². The summed E-state index contributed by atoms with van der Waals surface area (Å²) in [5.41, 5.74) is 6.48. The third-order valence-corrected chi connectivity index (χ3v) is 3.99. The standard InChI is InChI=1S/C16H22ClN3O2/c17-13-7-5-12(6-8-13)16(22)19-9-1-2-15(21)20-10-14(18)11-3-4-11/h5-8,11,14H,1-4,9-10,18H2,(H,19,22)(H,20,21). The van der Waals surface area contributed by atoms with Gasteiger partial charge in [-0.2, -0.15) is 0 Å². The van der Waals surface area contributed by atoms with Gasteiger partial charge in [0.15, 0.2) is 0 Å². The minimum Gasteiger partial charge on any atom is -0.355 e. The number of hydrogen-bond acceptors (Lipinski definition) is 3. The normalized spacial score (nSPS) is 15.2. The molecule has 5 nitrogen and oxygen atoms in total. The summed E-state index contributed by atoms with van der Waals surface area (Å²) in [6.07, 6.45) is 3.34. The van der Waals surface area contributed by atoms with Crippen LogP contribution in [0.4, 0.5) is 0 Å². The molecule has 1 aliphatic rings. The zero-order valence-corrected chi connectivity index (χ0v) is 13.2. The maximum Gasteiger partial charge on any atom is 0.251 e. The highest BCUT2D eigenvalue weighted by Gasteiger charge is 2.28. The molecule has 1 fully saturated rings. The number of amides is 2. The van der Waals surface area contributed by atoms with E-state index in [0.29, 0.717) is 42.4 Å². The SMILES string of the molecule is NC(CNC(=O)CCCNC(=O)c1ccc(Cl)cc1)C1CC1. The Balaban J connectivity index is 1.57. The molecule has 0 bridgehead atoms. The molecular weight excluding hydrogens is 302 g/mol. The monoisotopic (exact) mass is 323 g/mol. The number of halogens is 1. The zero-order valence-electron chi connectivity index (χ0n) is 12.5. The van der Waals surface area contributed by atoms with E-state index in [9.17, 15) is 9.59 Å². The third kappa shape index (κ3) is 5.66. The third-order valence-electron chi connectivity index (χ3n) is 3.74. The Morgan fingerprint density at radius 3 is 2.55 bits per heavy atom. The van der Waals surface area contributed by atoms with E-state index in [1.807, 2.05) is 0 Å². The molecule has 1 aliphatic carbocycles. The molecule has 0 heterocycles. The van der Waals surface area contributed by atoms with Crippen LogP contribution in [0, 0.1) is 5.92 Å². The summed E-state index contributed by atoms with van der Waals surface area (Å²) in [5, 5.41) is 6.21. The molecule has 1 aromatic carbocycles. The Hall–Kier alpha value is -1.59. The second kappa shape index (κ2) is 8.15. The molecule has 0 radical (unpaired) electrons. The predicted octanol–water partition coefficient (Wildman–Crippen LogP) is 1.70. The van der Waals surface area contributed by atoms with Crippen LogP contribution in [0.3, 0.4) is 0 Å². The quantitative estimate of drug-likeness (QED) is 0.637. The van der Waals surface area contributed by atoms with E-state index in [2.05, 4.69) is 10.6 Å². The van der Waals surface area contributed by atoms with Crippen LogP contribution >= 0.6 is 11.6 Å².